The fraction of sp³-hybridized carbons (Fsp3) is 0.833. The Balaban J connectivity index is 4.37. The fourth-order valence-electron chi connectivity index (χ4n) is 2.21. The van der Waals surface area contributed by atoms with E-state index in [0.717, 1.165) is 0 Å². The van der Waals surface area contributed by atoms with Crippen molar-refractivity contribution in [2.24, 2.45) is 0 Å². The molecule has 0 spiro atoms. The van der Waals surface area contributed by atoms with Gasteiger partial charge in [0.2, 0.25) is 0 Å². The standard InChI is InChI=1S/C12H26N/c1-5-9-13(10-6-2,11-7-3)12-8-4/h5,9H,6-8,10-12H2,1-4H3/q+1/b9-5+. The summed E-state index contributed by atoms with van der Waals surface area (Å²) in [5.74, 6) is 0. The van der Waals surface area contributed by atoms with Crippen LogP contribution in [0.3, 0.4) is 0 Å². The summed E-state index contributed by atoms with van der Waals surface area (Å²) >= 11 is 0. The number of quaternary nitrogens is 1. The second kappa shape index (κ2) is 7.14. The summed E-state index contributed by atoms with van der Waals surface area (Å²) in [4.78, 5) is 0. The average Bonchev–Trinajstić information content (AvgIpc) is 2.06. The van der Waals surface area contributed by atoms with E-state index in [-0.39, 0.29) is 0 Å². The highest BCUT2D eigenvalue weighted by Crippen LogP contribution is 2.12. The van der Waals surface area contributed by atoms with Crippen molar-refractivity contribution in [2.75, 3.05) is 19.6 Å². The van der Waals surface area contributed by atoms with Crippen molar-refractivity contribution in [3.63, 3.8) is 0 Å². The molecule has 0 atom stereocenters. The zero-order valence-corrected chi connectivity index (χ0v) is 9.84. The van der Waals surface area contributed by atoms with Crippen LogP contribution in [0.2, 0.25) is 0 Å². The molecule has 0 unspecified atom stereocenters. The van der Waals surface area contributed by atoms with Crippen LogP contribution in [0.25, 0.3) is 0 Å². The van der Waals surface area contributed by atoms with Gasteiger partial charge in [0.25, 0.3) is 0 Å². The van der Waals surface area contributed by atoms with Gasteiger partial charge in [-0.25, -0.2) is 0 Å². The average molecular weight is 184 g/mol. The Labute approximate surface area is 84.0 Å². The van der Waals surface area contributed by atoms with Crippen LogP contribution in [-0.2, 0) is 0 Å². The lowest BCUT2D eigenvalue weighted by molar-refractivity contribution is -0.879. The largest absolute Gasteiger partial charge is 0.298 e. The molecule has 0 aromatic carbocycles. The second-order valence-electron chi connectivity index (χ2n) is 3.87. The minimum atomic E-state index is 1.19. The molecule has 0 aliphatic carbocycles. The molecule has 0 saturated heterocycles. The van der Waals surface area contributed by atoms with Crippen molar-refractivity contribution < 1.29 is 4.48 Å². The van der Waals surface area contributed by atoms with Gasteiger partial charge in [-0.2, -0.15) is 0 Å². The van der Waals surface area contributed by atoms with Gasteiger partial charge in [-0.15, -0.1) is 0 Å². The molecule has 0 aliphatic rings. The molecule has 0 N–H and O–H groups in total. The number of nitrogens with zero attached hydrogens (tertiary/aromatic N) is 1. The Kier molecular flexibility index (Phi) is 6.97. The zero-order chi connectivity index (χ0) is 10.2. The molecule has 0 saturated carbocycles. The first-order valence-corrected chi connectivity index (χ1v) is 5.74. The molecule has 1 nitrogen and oxygen atoms in total. The predicted octanol–water partition coefficient (Wildman–Crippen LogP) is 3.57. The summed E-state index contributed by atoms with van der Waals surface area (Å²) in [6.07, 6.45) is 8.44. The van der Waals surface area contributed by atoms with Crippen LogP contribution < -0.4 is 0 Å². The van der Waals surface area contributed by atoms with Crippen molar-refractivity contribution in [3.8, 4) is 0 Å². The Hall–Kier alpha value is -0.300. The van der Waals surface area contributed by atoms with Gasteiger partial charge in [-0.3, -0.25) is 4.48 Å². The topological polar surface area (TPSA) is 0 Å². The van der Waals surface area contributed by atoms with Crippen LogP contribution in [0, 0.1) is 0 Å². The first-order chi connectivity index (χ1) is 6.24. The smallest absolute Gasteiger partial charge is 0.0915 e. The van der Waals surface area contributed by atoms with Crippen molar-refractivity contribution in [1.82, 2.24) is 0 Å². The highest BCUT2D eigenvalue weighted by molar-refractivity contribution is 4.68. The van der Waals surface area contributed by atoms with Crippen molar-refractivity contribution >= 4 is 0 Å². The van der Waals surface area contributed by atoms with Crippen LogP contribution in [0.4, 0.5) is 0 Å². The molecule has 0 amide bonds. The fourth-order valence-corrected chi connectivity index (χ4v) is 2.21. The third-order valence-electron chi connectivity index (χ3n) is 2.47. The molecule has 0 heterocycles. The van der Waals surface area contributed by atoms with E-state index >= 15 is 0 Å². The van der Waals surface area contributed by atoms with Gasteiger partial charge in [-0.05, 0) is 32.3 Å². The van der Waals surface area contributed by atoms with Gasteiger partial charge in [0.15, 0.2) is 0 Å². The molecule has 0 aliphatic heterocycles. The summed E-state index contributed by atoms with van der Waals surface area (Å²) < 4.78 is 1.19. The number of hydrogen-bond acceptors (Lipinski definition) is 0. The first kappa shape index (κ1) is 12.7. The summed E-state index contributed by atoms with van der Waals surface area (Å²) in [5.41, 5.74) is 0. The second-order valence-corrected chi connectivity index (χ2v) is 3.87. The third-order valence-corrected chi connectivity index (χ3v) is 2.47. The van der Waals surface area contributed by atoms with Gasteiger partial charge in [0.1, 0.15) is 0 Å². The van der Waals surface area contributed by atoms with E-state index < -0.39 is 0 Å². The summed E-state index contributed by atoms with van der Waals surface area (Å²) in [6, 6.07) is 0. The quantitative estimate of drug-likeness (QED) is 0.531. The Bertz CT molecular complexity index is 121. The Morgan fingerprint density at radius 3 is 1.46 bits per heavy atom. The van der Waals surface area contributed by atoms with E-state index in [1.807, 2.05) is 0 Å². The first-order valence-electron chi connectivity index (χ1n) is 5.74. The highest BCUT2D eigenvalue weighted by Gasteiger charge is 2.20. The molecule has 78 valence electrons. The molecular weight excluding hydrogens is 158 g/mol. The van der Waals surface area contributed by atoms with Crippen LogP contribution >= 0.6 is 0 Å². The summed E-state index contributed by atoms with van der Waals surface area (Å²) in [7, 11) is 0. The van der Waals surface area contributed by atoms with E-state index in [2.05, 4.69) is 40.0 Å². The number of allylic oxidation sites excluding steroid dienone is 1. The molecule has 13 heavy (non-hydrogen) atoms. The molecule has 1 heteroatoms. The van der Waals surface area contributed by atoms with E-state index in [0.29, 0.717) is 0 Å². The van der Waals surface area contributed by atoms with Crippen LogP contribution in [0.5, 0.6) is 0 Å². The maximum absolute atomic E-state index is 2.39. The zero-order valence-electron chi connectivity index (χ0n) is 9.84. The van der Waals surface area contributed by atoms with Gasteiger partial charge in [0.05, 0.1) is 25.8 Å². The number of hydrogen-bond donors (Lipinski definition) is 0. The molecule has 0 fully saturated rings. The normalized spacial score (nSPS) is 12.6. The van der Waals surface area contributed by atoms with Crippen molar-refractivity contribution in [1.29, 1.82) is 0 Å². The summed E-state index contributed by atoms with van der Waals surface area (Å²) in [5, 5.41) is 0. The molecule has 0 rings (SSSR count). The van der Waals surface area contributed by atoms with Crippen LogP contribution in [0.1, 0.15) is 47.0 Å². The van der Waals surface area contributed by atoms with E-state index in [1.165, 1.54) is 43.4 Å². The maximum atomic E-state index is 2.39. The van der Waals surface area contributed by atoms with Crippen LogP contribution in [-0.4, -0.2) is 24.1 Å². The lowest BCUT2D eigenvalue weighted by Crippen LogP contribution is -2.44. The van der Waals surface area contributed by atoms with Gasteiger partial charge >= 0.3 is 0 Å². The lowest BCUT2D eigenvalue weighted by atomic mass is 10.2. The molecule has 0 aromatic heterocycles. The third kappa shape index (κ3) is 4.47. The van der Waals surface area contributed by atoms with Crippen LogP contribution in [0.15, 0.2) is 12.3 Å². The van der Waals surface area contributed by atoms with Gasteiger partial charge in [-0.1, -0.05) is 20.8 Å². The molecule has 0 radical (unpaired) electrons. The van der Waals surface area contributed by atoms with Gasteiger partial charge in [0, 0.05) is 0 Å². The minimum absolute atomic E-state index is 1.19. The Morgan fingerprint density at radius 1 is 0.846 bits per heavy atom. The SMILES string of the molecule is C/C=C/[N+](CCC)(CCC)CCC. The maximum Gasteiger partial charge on any atom is 0.0915 e. The molecule has 0 aromatic rings. The monoisotopic (exact) mass is 184 g/mol. The highest BCUT2D eigenvalue weighted by atomic mass is 15.3. The summed E-state index contributed by atoms with van der Waals surface area (Å²) in [6.45, 7) is 12.9. The lowest BCUT2D eigenvalue weighted by Gasteiger charge is -2.34. The van der Waals surface area contributed by atoms with E-state index in [1.54, 1.807) is 0 Å². The van der Waals surface area contributed by atoms with E-state index in [9.17, 15) is 0 Å². The minimum Gasteiger partial charge on any atom is -0.298 e. The molecular formula is C12H26N+. The Morgan fingerprint density at radius 2 is 1.23 bits per heavy atom. The predicted molar refractivity (Wildman–Crippen MR) is 60.5 cm³/mol. The van der Waals surface area contributed by atoms with Crippen molar-refractivity contribution in [3.05, 3.63) is 12.3 Å². The van der Waals surface area contributed by atoms with Gasteiger partial charge < -0.3 is 0 Å². The number of rotatable bonds is 7. The van der Waals surface area contributed by atoms with E-state index in [4.69, 9.17) is 0 Å². The van der Waals surface area contributed by atoms with Crippen molar-refractivity contribution in [2.45, 2.75) is 47.0 Å². The molecule has 0 bridgehead atoms.